The van der Waals surface area contributed by atoms with Gasteiger partial charge in [0.25, 0.3) is 0 Å². The Balaban J connectivity index is 2.36. The van der Waals surface area contributed by atoms with Gasteiger partial charge in [-0.1, -0.05) is 0 Å². The number of nitrogens with zero attached hydrogens (tertiary/aromatic N) is 4. The second-order valence-electron chi connectivity index (χ2n) is 4.40. The van der Waals surface area contributed by atoms with E-state index in [-0.39, 0.29) is 17.9 Å². The zero-order valence-corrected chi connectivity index (χ0v) is 11.8. The van der Waals surface area contributed by atoms with Gasteiger partial charge in [-0.2, -0.15) is 13.2 Å². The summed E-state index contributed by atoms with van der Waals surface area (Å²) in [6.07, 6.45) is -0.937. The fraction of sp³-hybridized carbons (Fsp3) is 0.462. The number of halogens is 3. The predicted octanol–water partition coefficient (Wildman–Crippen LogP) is 2.73. The Labute approximate surface area is 120 Å². The Morgan fingerprint density at radius 1 is 1.24 bits per heavy atom. The first-order valence-corrected chi connectivity index (χ1v) is 6.63. The molecule has 0 saturated heterocycles. The van der Waals surface area contributed by atoms with Crippen LogP contribution in [-0.4, -0.2) is 26.1 Å². The van der Waals surface area contributed by atoms with Gasteiger partial charge < -0.3 is 9.88 Å². The van der Waals surface area contributed by atoms with Gasteiger partial charge in [-0.25, -0.2) is 15.0 Å². The van der Waals surface area contributed by atoms with E-state index in [4.69, 9.17) is 0 Å². The normalized spacial score (nSPS) is 11.7. The molecule has 21 heavy (non-hydrogen) atoms. The second kappa shape index (κ2) is 6.11. The Bertz CT molecular complexity index is 606. The number of hydrogen-bond donors (Lipinski definition) is 1. The van der Waals surface area contributed by atoms with Crippen LogP contribution in [0.4, 0.5) is 19.0 Å². The maximum atomic E-state index is 12.8. The Kier molecular flexibility index (Phi) is 4.44. The van der Waals surface area contributed by atoms with Crippen molar-refractivity contribution in [2.24, 2.45) is 0 Å². The second-order valence-corrected chi connectivity index (χ2v) is 4.40. The lowest BCUT2D eigenvalue weighted by Crippen LogP contribution is -2.15. The van der Waals surface area contributed by atoms with Crippen LogP contribution in [0, 0.1) is 0 Å². The molecule has 0 radical (unpaired) electrons. The van der Waals surface area contributed by atoms with Crippen molar-refractivity contribution in [3.05, 3.63) is 35.8 Å². The monoisotopic (exact) mass is 299 g/mol. The van der Waals surface area contributed by atoms with Crippen molar-refractivity contribution in [2.75, 3.05) is 11.9 Å². The topological polar surface area (TPSA) is 55.6 Å². The summed E-state index contributed by atoms with van der Waals surface area (Å²) in [6, 6.07) is 1.52. The molecule has 2 aromatic rings. The number of aromatic nitrogens is 4. The first-order chi connectivity index (χ1) is 9.94. The van der Waals surface area contributed by atoms with Crippen molar-refractivity contribution >= 4 is 5.82 Å². The van der Waals surface area contributed by atoms with Crippen LogP contribution < -0.4 is 5.32 Å². The summed E-state index contributed by atoms with van der Waals surface area (Å²) < 4.78 is 40.4. The molecule has 0 bridgehead atoms. The maximum Gasteiger partial charge on any atom is 0.451 e. The number of nitrogens with one attached hydrogen (secondary N) is 1. The highest BCUT2D eigenvalue weighted by molar-refractivity contribution is 5.37. The molecule has 0 saturated carbocycles. The minimum absolute atomic E-state index is 0.171. The standard InChI is InChI=1S/C13H16F3N5/c1-3-17-10-7-9(19-12(20-10)13(14,15)16)8-11-18-5-6-21(11)4-2/h5-7H,3-4,8H2,1-2H3,(H,17,19,20). The van der Waals surface area contributed by atoms with Gasteiger partial charge in [-0.3, -0.25) is 0 Å². The van der Waals surface area contributed by atoms with E-state index in [1.54, 1.807) is 19.3 Å². The Hall–Kier alpha value is -2.12. The summed E-state index contributed by atoms with van der Waals surface area (Å²) in [7, 11) is 0. The number of aryl methyl sites for hydroxylation is 1. The van der Waals surface area contributed by atoms with E-state index in [2.05, 4.69) is 20.3 Å². The Morgan fingerprint density at radius 3 is 2.62 bits per heavy atom. The molecule has 114 valence electrons. The van der Waals surface area contributed by atoms with E-state index in [1.165, 1.54) is 6.07 Å². The molecular weight excluding hydrogens is 283 g/mol. The SMILES string of the molecule is CCNc1cc(Cc2nccn2CC)nc(C(F)(F)F)n1. The molecular formula is C13H16F3N5. The quantitative estimate of drug-likeness (QED) is 0.922. The van der Waals surface area contributed by atoms with E-state index in [9.17, 15) is 13.2 Å². The molecule has 2 aromatic heterocycles. The lowest BCUT2D eigenvalue weighted by atomic mass is 10.2. The van der Waals surface area contributed by atoms with E-state index in [1.807, 2.05) is 11.5 Å². The predicted molar refractivity (Wildman–Crippen MR) is 71.9 cm³/mol. The van der Waals surface area contributed by atoms with E-state index in [0.29, 0.717) is 18.9 Å². The molecule has 0 aliphatic rings. The molecule has 0 amide bonds. The third kappa shape index (κ3) is 3.71. The molecule has 0 aromatic carbocycles. The van der Waals surface area contributed by atoms with Gasteiger partial charge in [0.2, 0.25) is 5.82 Å². The first kappa shape index (κ1) is 15.3. The number of rotatable bonds is 5. The fourth-order valence-electron chi connectivity index (χ4n) is 1.94. The van der Waals surface area contributed by atoms with Crippen LogP contribution in [0.1, 0.15) is 31.2 Å². The van der Waals surface area contributed by atoms with Crippen molar-refractivity contribution in [1.82, 2.24) is 19.5 Å². The molecule has 0 aliphatic heterocycles. The number of hydrogen-bond acceptors (Lipinski definition) is 4. The highest BCUT2D eigenvalue weighted by Gasteiger charge is 2.35. The molecule has 0 atom stereocenters. The first-order valence-electron chi connectivity index (χ1n) is 6.63. The molecule has 0 aliphatic carbocycles. The average Bonchev–Trinajstić information content (AvgIpc) is 2.85. The molecule has 8 heteroatoms. The fourth-order valence-corrected chi connectivity index (χ4v) is 1.94. The summed E-state index contributed by atoms with van der Waals surface area (Å²) >= 11 is 0. The van der Waals surface area contributed by atoms with Gasteiger partial charge >= 0.3 is 6.18 Å². The van der Waals surface area contributed by atoms with Crippen molar-refractivity contribution in [1.29, 1.82) is 0 Å². The van der Waals surface area contributed by atoms with Crippen LogP contribution >= 0.6 is 0 Å². The van der Waals surface area contributed by atoms with Crippen LogP contribution in [0.15, 0.2) is 18.5 Å². The summed E-state index contributed by atoms with van der Waals surface area (Å²) in [5, 5.41) is 2.79. The van der Waals surface area contributed by atoms with Gasteiger partial charge in [0.05, 0.1) is 5.69 Å². The lowest BCUT2D eigenvalue weighted by Gasteiger charge is -2.11. The molecule has 2 heterocycles. The van der Waals surface area contributed by atoms with Crippen LogP contribution in [-0.2, 0) is 19.1 Å². The molecule has 0 spiro atoms. The summed E-state index contributed by atoms with van der Waals surface area (Å²) in [6.45, 7) is 4.92. The van der Waals surface area contributed by atoms with Crippen LogP contribution in [0.3, 0.4) is 0 Å². The highest BCUT2D eigenvalue weighted by atomic mass is 19.4. The smallest absolute Gasteiger partial charge is 0.370 e. The van der Waals surface area contributed by atoms with Gasteiger partial charge in [-0.05, 0) is 13.8 Å². The van der Waals surface area contributed by atoms with Crippen molar-refractivity contribution < 1.29 is 13.2 Å². The minimum Gasteiger partial charge on any atom is -0.370 e. The van der Waals surface area contributed by atoms with Gasteiger partial charge in [0.1, 0.15) is 11.6 Å². The molecule has 5 nitrogen and oxygen atoms in total. The van der Waals surface area contributed by atoms with Gasteiger partial charge in [0, 0.05) is 38.0 Å². The summed E-state index contributed by atoms with van der Waals surface area (Å²) in [5.74, 6) is -0.290. The molecule has 0 fully saturated rings. The average molecular weight is 299 g/mol. The molecule has 1 N–H and O–H groups in total. The lowest BCUT2D eigenvalue weighted by molar-refractivity contribution is -0.145. The summed E-state index contributed by atoms with van der Waals surface area (Å²) in [4.78, 5) is 11.3. The summed E-state index contributed by atoms with van der Waals surface area (Å²) in [5.41, 5.74) is 0.286. The third-order valence-corrected chi connectivity index (χ3v) is 2.87. The molecule has 2 rings (SSSR count). The zero-order valence-electron chi connectivity index (χ0n) is 11.8. The Morgan fingerprint density at radius 2 is 2.00 bits per heavy atom. The van der Waals surface area contributed by atoms with Gasteiger partial charge in [-0.15, -0.1) is 0 Å². The minimum atomic E-state index is -4.57. The van der Waals surface area contributed by atoms with Crippen LogP contribution in [0.5, 0.6) is 0 Å². The van der Waals surface area contributed by atoms with Crippen molar-refractivity contribution in [3.63, 3.8) is 0 Å². The zero-order chi connectivity index (χ0) is 15.5. The van der Waals surface area contributed by atoms with Crippen LogP contribution in [0.2, 0.25) is 0 Å². The maximum absolute atomic E-state index is 12.8. The number of imidazole rings is 1. The third-order valence-electron chi connectivity index (χ3n) is 2.87. The largest absolute Gasteiger partial charge is 0.451 e. The number of alkyl halides is 3. The molecule has 0 unspecified atom stereocenters. The van der Waals surface area contributed by atoms with Crippen molar-refractivity contribution in [2.45, 2.75) is 33.0 Å². The van der Waals surface area contributed by atoms with Gasteiger partial charge in [0.15, 0.2) is 0 Å². The van der Waals surface area contributed by atoms with E-state index < -0.39 is 12.0 Å². The van der Waals surface area contributed by atoms with Crippen LogP contribution in [0.25, 0.3) is 0 Å². The van der Waals surface area contributed by atoms with Crippen molar-refractivity contribution in [3.8, 4) is 0 Å². The number of anilines is 1. The van der Waals surface area contributed by atoms with E-state index in [0.717, 1.165) is 0 Å². The highest BCUT2D eigenvalue weighted by Crippen LogP contribution is 2.27. The van der Waals surface area contributed by atoms with E-state index >= 15 is 0 Å².